The molecule has 0 aliphatic carbocycles. The number of ether oxygens (including phenoxy) is 3. The van der Waals surface area contributed by atoms with E-state index >= 15 is 0 Å². The molecule has 1 amide bonds. The fourth-order valence-corrected chi connectivity index (χ4v) is 3.36. The number of benzene rings is 3. The molecule has 0 atom stereocenters. The quantitative estimate of drug-likeness (QED) is 0.508. The molecular formula is C24H19NO5. The van der Waals surface area contributed by atoms with E-state index < -0.39 is 0 Å². The maximum Gasteiger partial charge on any atom is 0.291 e. The van der Waals surface area contributed by atoms with Crippen LogP contribution in [-0.4, -0.2) is 19.1 Å². The van der Waals surface area contributed by atoms with E-state index in [2.05, 4.69) is 5.32 Å². The topological polar surface area (TPSA) is 69.9 Å². The van der Waals surface area contributed by atoms with Crippen molar-refractivity contribution in [2.75, 3.05) is 18.5 Å². The van der Waals surface area contributed by atoms with Gasteiger partial charge in [-0.15, -0.1) is 0 Å². The number of amides is 1. The minimum Gasteiger partial charge on any atom is -0.486 e. The highest BCUT2D eigenvalue weighted by Gasteiger charge is 2.15. The predicted octanol–water partition coefficient (Wildman–Crippen LogP) is 5.04. The fraction of sp³-hybridized carbons (Fsp3) is 0.125. The van der Waals surface area contributed by atoms with Crippen LogP contribution in [0.2, 0.25) is 0 Å². The number of furan rings is 1. The van der Waals surface area contributed by atoms with Crippen LogP contribution in [0.1, 0.15) is 16.3 Å². The Morgan fingerprint density at radius 2 is 1.73 bits per heavy atom. The van der Waals surface area contributed by atoms with Gasteiger partial charge in [-0.1, -0.05) is 36.4 Å². The molecule has 2 heterocycles. The first-order chi connectivity index (χ1) is 14.8. The van der Waals surface area contributed by atoms with E-state index in [1.165, 1.54) is 0 Å². The van der Waals surface area contributed by atoms with Gasteiger partial charge in [0.25, 0.3) is 5.91 Å². The van der Waals surface area contributed by atoms with Crippen LogP contribution in [0.4, 0.5) is 5.69 Å². The first-order valence-electron chi connectivity index (χ1n) is 9.66. The number of hydrogen-bond donors (Lipinski definition) is 1. The van der Waals surface area contributed by atoms with Crippen molar-refractivity contribution in [1.29, 1.82) is 0 Å². The summed E-state index contributed by atoms with van der Waals surface area (Å²) in [5, 5.41) is 4.95. The Labute approximate surface area is 173 Å². The van der Waals surface area contributed by atoms with Gasteiger partial charge in [-0.25, -0.2) is 0 Å². The third-order valence-corrected chi connectivity index (χ3v) is 4.81. The summed E-state index contributed by atoms with van der Waals surface area (Å²) in [4.78, 5) is 12.5. The van der Waals surface area contributed by atoms with Gasteiger partial charge in [0.05, 0.1) is 0 Å². The smallest absolute Gasteiger partial charge is 0.291 e. The highest BCUT2D eigenvalue weighted by molar-refractivity contribution is 6.02. The van der Waals surface area contributed by atoms with E-state index in [0.717, 1.165) is 16.5 Å². The molecule has 6 heteroatoms. The monoisotopic (exact) mass is 401 g/mol. The molecule has 30 heavy (non-hydrogen) atoms. The van der Waals surface area contributed by atoms with Crippen molar-refractivity contribution in [3.05, 3.63) is 84.3 Å². The zero-order valence-electron chi connectivity index (χ0n) is 16.1. The molecule has 6 nitrogen and oxygen atoms in total. The molecule has 0 radical (unpaired) electrons. The summed E-state index contributed by atoms with van der Waals surface area (Å²) in [7, 11) is 0. The fourth-order valence-electron chi connectivity index (χ4n) is 3.36. The van der Waals surface area contributed by atoms with Crippen molar-refractivity contribution in [2.24, 2.45) is 0 Å². The zero-order chi connectivity index (χ0) is 20.3. The third kappa shape index (κ3) is 3.67. The summed E-state index contributed by atoms with van der Waals surface area (Å²) in [5.74, 6) is 2.49. The van der Waals surface area contributed by atoms with E-state index in [9.17, 15) is 4.79 Å². The maximum absolute atomic E-state index is 12.5. The number of anilines is 1. The maximum atomic E-state index is 12.5. The van der Waals surface area contributed by atoms with Crippen LogP contribution in [0, 0.1) is 0 Å². The van der Waals surface area contributed by atoms with E-state index in [-0.39, 0.29) is 18.3 Å². The highest BCUT2D eigenvalue weighted by Crippen LogP contribution is 2.33. The van der Waals surface area contributed by atoms with Crippen LogP contribution in [0.5, 0.6) is 17.2 Å². The van der Waals surface area contributed by atoms with Gasteiger partial charge in [-0.05, 0) is 35.7 Å². The second-order valence-corrected chi connectivity index (χ2v) is 6.84. The van der Waals surface area contributed by atoms with Crippen LogP contribution in [0.25, 0.3) is 10.8 Å². The van der Waals surface area contributed by atoms with Gasteiger partial charge in [0, 0.05) is 17.1 Å². The SMILES string of the molecule is O=C(Nc1ccc2c(c1)OCCO2)c1ccc(COc2cccc3ccccc23)o1. The second kappa shape index (κ2) is 7.83. The molecule has 150 valence electrons. The number of rotatable bonds is 5. The molecule has 5 rings (SSSR count). The molecule has 1 aliphatic heterocycles. The number of carbonyl (C=O) groups is 1. The summed E-state index contributed by atoms with van der Waals surface area (Å²) >= 11 is 0. The van der Waals surface area contributed by atoms with Crippen LogP contribution in [0.15, 0.2) is 77.2 Å². The zero-order valence-corrected chi connectivity index (χ0v) is 16.1. The highest BCUT2D eigenvalue weighted by atomic mass is 16.6. The van der Waals surface area contributed by atoms with E-state index in [4.69, 9.17) is 18.6 Å². The van der Waals surface area contributed by atoms with Crippen LogP contribution >= 0.6 is 0 Å². The molecule has 4 aromatic rings. The van der Waals surface area contributed by atoms with E-state index in [1.54, 1.807) is 30.3 Å². The van der Waals surface area contributed by atoms with E-state index in [1.807, 2.05) is 42.5 Å². The Morgan fingerprint density at radius 3 is 2.67 bits per heavy atom. The third-order valence-electron chi connectivity index (χ3n) is 4.81. The molecule has 1 aliphatic rings. The Hall–Kier alpha value is -3.93. The van der Waals surface area contributed by atoms with Crippen LogP contribution in [0.3, 0.4) is 0 Å². The van der Waals surface area contributed by atoms with Gasteiger partial charge in [0.1, 0.15) is 31.3 Å². The lowest BCUT2D eigenvalue weighted by Gasteiger charge is -2.18. The molecule has 0 saturated carbocycles. The average molecular weight is 401 g/mol. The Morgan fingerprint density at radius 1 is 0.900 bits per heavy atom. The summed E-state index contributed by atoms with van der Waals surface area (Å²) in [6.45, 7) is 1.24. The van der Waals surface area contributed by atoms with Gasteiger partial charge in [0.15, 0.2) is 17.3 Å². The summed E-state index contributed by atoms with van der Waals surface area (Å²) in [6.07, 6.45) is 0. The normalized spacial score (nSPS) is 12.5. The average Bonchev–Trinajstić information content (AvgIpc) is 3.27. The standard InChI is InChI=1S/C24H19NO5/c26-24(25-17-8-10-21-23(14-17)28-13-12-27-21)22-11-9-18(30-22)15-29-20-7-3-5-16-4-1-2-6-19(16)20/h1-11,14H,12-13,15H2,(H,25,26). The number of carbonyl (C=O) groups excluding carboxylic acids is 1. The second-order valence-electron chi connectivity index (χ2n) is 6.84. The van der Waals surface area contributed by atoms with Gasteiger partial charge >= 0.3 is 0 Å². The van der Waals surface area contributed by atoms with Gasteiger partial charge in [-0.2, -0.15) is 0 Å². The molecule has 1 aromatic heterocycles. The molecule has 0 spiro atoms. The Bertz CT molecular complexity index is 1210. The number of hydrogen-bond acceptors (Lipinski definition) is 5. The minimum atomic E-state index is -0.344. The molecule has 0 unspecified atom stereocenters. The first kappa shape index (κ1) is 18.1. The molecule has 0 saturated heterocycles. The minimum absolute atomic E-state index is 0.210. The van der Waals surface area contributed by atoms with Crippen molar-refractivity contribution in [2.45, 2.75) is 6.61 Å². The van der Waals surface area contributed by atoms with Crippen molar-refractivity contribution in [3.8, 4) is 17.2 Å². The number of fused-ring (bicyclic) bond motifs is 2. The van der Waals surface area contributed by atoms with Crippen LogP contribution < -0.4 is 19.5 Å². The van der Waals surface area contributed by atoms with Crippen molar-refractivity contribution >= 4 is 22.4 Å². The molecule has 0 fully saturated rings. The van der Waals surface area contributed by atoms with Crippen molar-refractivity contribution in [1.82, 2.24) is 0 Å². The molecule has 1 N–H and O–H groups in total. The molecular weight excluding hydrogens is 382 g/mol. The van der Waals surface area contributed by atoms with Crippen molar-refractivity contribution < 1.29 is 23.4 Å². The van der Waals surface area contributed by atoms with Crippen molar-refractivity contribution in [3.63, 3.8) is 0 Å². The molecule has 0 bridgehead atoms. The summed E-state index contributed by atoms with van der Waals surface area (Å²) < 4.78 is 22.6. The number of nitrogens with one attached hydrogen (secondary N) is 1. The first-order valence-corrected chi connectivity index (χ1v) is 9.66. The van der Waals surface area contributed by atoms with Gasteiger partial charge in [0.2, 0.25) is 0 Å². The summed E-state index contributed by atoms with van der Waals surface area (Å²) in [6, 6.07) is 22.6. The lowest BCUT2D eigenvalue weighted by Crippen LogP contribution is -2.16. The lowest BCUT2D eigenvalue weighted by molar-refractivity contribution is 0.0992. The summed E-state index contributed by atoms with van der Waals surface area (Å²) in [5.41, 5.74) is 0.606. The van der Waals surface area contributed by atoms with Crippen LogP contribution in [-0.2, 0) is 6.61 Å². The molecule has 3 aromatic carbocycles. The van der Waals surface area contributed by atoms with Gasteiger partial charge < -0.3 is 23.9 Å². The Balaban J connectivity index is 1.25. The lowest BCUT2D eigenvalue weighted by atomic mass is 10.1. The Kier molecular flexibility index (Phi) is 4.73. The van der Waals surface area contributed by atoms with E-state index in [0.29, 0.717) is 36.2 Å². The predicted molar refractivity (Wildman–Crippen MR) is 112 cm³/mol. The van der Waals surface area contributed by atoms with Gasteiger partial charge in [-0.3, -0.25) is 4.79 Å². The largest absolute Gasteiger partial charge is 0.486 e.